The highest BCUT2D eigenvalue weighted by Crippen LogP contribution is 2.56. The molecule has 3 aliphatic rings. The maximum absolute atomic E-state index is 12.6. The fraction of sp³-hybridized carbons (Fsp3) is 0.467. The summed E-state index contributed by atoms with van der Waals surface area (Å²) in [5.74, 6) is 0.704. The summed E-state index contributed by atoms with van der Waals surface area (Å²) in [6.45, 7) is 0. The molecule has 1 aliphatic heterocycles. The van der Waals surface area contributed by atoms with E-state index in [1.54, 1.807) is 24.3 Å². The molecule has 0 radical (unpaired) electrons. The molecule has 4 rings (SSSR count). The number of anilines is 1. The Bertz CT molecular complexity index is 557. The van der Waals surface area contributed by atoms with E-state index in [0.29, 0.717) is 22.5 Å². The van der Waals surface area contributed by atoms with Crippen LogP contribution < -0.4 is 4.90 Å². The third-order valence-corrected chi connectivity index (χ3v) is 5.23. The molecule has 2 bridgehead atoms. The van der Waals surface area contributed by atoms with Crippen molar-refractivity contribution >= 4 is 29.1 Å². The Morgan fingerprint density at radius 2 is 1.68 bits per heavy atom. The summed E-state index contributed by atoms with van der Waals surface area (Å²) in [5.41, 5.74) is 0.622. The van der Waals surface area contributed by atoms with Crippen LogP contribution in [0.4, 0.5) is 5.69 Å². The molecule has 0 N–H and O–H groups in total. The van der Waals surface area contributed by atoms with Gasteiger partial charge in [0.25, 0.3) is 0 Å². The first-order valence-corrected chi connectivity index (χ1v) is 7.18. The molecule has 4 heteroatoms. The maximum atomic E-state index is 12.6. The lowest BCUT2D eigenvalue weighted by atomic mass is 9.81. The third-order valence-electron chi connectivity index (χ3n) is 4.99. The number of fused-ring (bicyclic) bond motifs is 5. The molecule has 1 heterocycles. The Morgan fingerprint density at radius 3 is 2.26 bits per heavy atom. The van der Waals surface area contributed by atoms with E-state index >= 15 is 0 Å². The Kier molecular flexibility index (Phi) is 2.31. The van der Waals surface area contributed by atoms with Gasteiger partial charge >= 0.3 is 0 Å². The normalized spacial score (nSPS) is 36.2. The lowest BCUT2D eigenvalue weighted by molar-refractivity contribution is -0.123. The van der Waals surface area contributed by atoms with Crippen molar-refractivity contribution in [2.45, 2.75) is 19.3 Å². The van der Waals surface area contributed by atoms with Crippen LogP contribution in [0, 0.1) is 23.7 Å². The number of carbonyl (C=O) groups is 2. The molecule has 0 aromatic heterocycles. The van der Waals surface area contributed by atoms with E-state index in [0.717, 1.165) is 19.3 Å². The van der Waals surface area contributed by atoms with Crippen molar-refractivity contribution in [1.29, 1.82) is 0 Å². The first-order valence-electron chi connectivity index (χ1n) is 6.80. The summed E-state index contributed by atoms with van der Waals surface area (Å²) in [4.78, 5) is 26.5. The second kappa shape index (κ2) is 3.83. The van der Waals surface area contributed by atoms with E-state index in [4.69, 9.17) is 11.6 Å². The van der Waals surface area contributed by atoms with Crippen LogP contribution in [0.25, 0.3) is 0 Å². The fourth-order valence-electron chi connectivity index (χ4n) is 4.28. The highest BCUT2D eigenvalue weighted by molar-refractivity contribution is 6.31. The van der Waals surface area contributed by atoms with Crippen molar-refractivity contribution < 1.29 is 9.59 Å². The minimum Gasteiger partial charge on any atom is -0.274 e. The lowest BCUT2D eigenvalue weighted by Crippen LogP contribution is -2.32. The van der Waals surface area contributed by atoms with Crippen molar-refractivity contribution in [3.63, 3.8) is 0 Å². The second-order valence-electron chi connectivity index (χ2n) is 5.88. The average molecular weight is 276 g/mol. The fourth-order valence-corrected chi connectivity index (χ4v) is 4.46. The Morgan fingerprint density at radius 1 is 1.05 bits per heavy atom. The number of imide groups is 1. The minimum absolute atomic E-state index is 0.00975. The Balaban J connectivity index is 1.75. The predicted octanol–water partition coefficient (Wildman–Crippen LogP) is 2.88. The van der Waals surface area contributed by atoms with Gasteiger partial charge in [-0.15, -0.1) is 0 Å². The molecule has 19 heavy (non-hydrogen) atoms. The predicted molar refractivity (Wildman–Crippen MR) is 71.8 cm³/mol. The number of benzene rings is 1. The average Bonchev–Trinajstić information content (AvgIpc) is 3.04. The molecule has 0 spiro atoms. The number of rotatable bonds is 1. The van der Waals surface area contributed by atoms with Gasteiger partial charge in [0.2, 0.25) is 11.8 Å². The highest BCUT2D eigenvalue weighted by atomic mass is 35.5. The topological polar surface area (TPSA) is 37.4 Å². The van der Waals surface area contributed by atoms with Gasteiger partial charge in [-0.25, -0.2) is 4.90 Å². The van der Waals surface area contributed by atoms with Crippen molar-refractivity contribution in [2.75, 3.05) is 4.90 Å². The largest absolute Gasteiger partial charge is 0.274 e. The Labute approximate surface area is 116 Å². The monoisotopic (exact) mass is 275 g/mol. The van der Waals surface area contributed by atoms with Gasteiger partial charge < -0.3 is 0 Å². The number of amides is 2. The number of nitrogens with zero attached hydrogens (tertiary/aromatic N) is 1. The van der Waals surface area contributed by atoms with Crippen LogP contribution in [-0.2, 0) is 9.59 Å². The minimum atomic E-state index is -0.0646. The highest BCUT2D eigenvalue weighted by Gasteiger charge is 2.61. The number of hydrogen-bond donors (Lipinski definition) is 0. The third kappa shape index (κ3) is 1.45. The van der Waals surface area contributed by atoms with Gasteiger partial charge in [0, 0.05) is 5.02 Å². The summed E-state index contributed by atoms with van der Waals surface area (Å²) in [6, 6.07) is 7.01. The van der Waals surface area contributed by atoms with Crippen molar-refractivity contribution in [1.82, 2.24) is 0 Å². The zero-order valence-corrected chi connectivity index (χ0v) is 11.1. The molecule has 1 saturated heterocycles. The maximum Gasteiger partial charge on any atom is 0.237 e. The molecule has 2 amide bonds. The van der Waals surface area contributed by atoms with Crippen LogP contribution in [0.15, 0.2) is 24.3 Å². The summed E-state index contributed by atoms with van der Waals surface area (Å²) in [7, 11) is 0. The van der Waals surface area contributed by atoms with E-state index in [2.05, 4.69) is 0 Å². The van der Waals surface area contributed by atoms with Gasteiger partial charge in [0.05, 0.1) is 17.5 Å². The first kappa shape index (κ1) is 11.5. The quantitative estimate of drug-likeness (QED) is 0.739. The van der Waals surface area contributed by atoms with E-state index in [1.807, 2.05) is 0 Å². The van der Waals surface area contributed by atoms with Gasteiger partial charge in [-0.1, -0.05) is 17.7 Å². The van der Waals surface area contributed by atoms with Gasteiger partial charge in [0.15, 0.2) is 0 Å². The molecule has 0 unspecified atom stereocenters. The molecule has 2 saturated carbocycles. The van der Waals surface area contributed by atoms with Crippen LogP contribution in [0.3, 0.4) is 0 Å². The van der Waals surface area contributed by atoms with Crippen LogP contribution in [-0.4, -0.2) is 11.8 Å². The van der Waals surface area contributed by atoms with Gasteiger partial charge in [-0.2, -0.15) is 0 Å². The lowest BCUT2D eigenvalue weighted by Gasteiger charge is -2.19. The Hall–Kier alpha value is -1.35. The SMILES string of the molecule is O=C1[C@@H]2[C@H]3CC[C@@H](C3)[C@H]2C(=O)N1c1cccc(Cl)c1. The van der Waals surface area contributed by atoms with Crippen LogP contribution in [0.5, 0.6) is 0 Å². The molecule has 1 aromatic rings. The van der Waals surface area contributed by atoms with Crippen LogP contribution in [0.2, 0.25) is 5.02 Å². The molecule has 4 atom stereocenters. The van der Waals surface area contributed by atoms with Gasteiger partial charge in [-0.05, 0) is 49.3 Å². The van der Waals surface area contributed by atoms with Crippen molar-refractivity contribution in [3.8, 4) is 0 Å². The first-order chi connectivity index (χ1) is 9.16. The van der Waals surface area contributed by atoms with E-state index in [9.17, 15) is 9.59 Å². The molecule has 1 aromatic carbocycles. The van der Waals surface area contributed by atoms with Crippen LogP contribution in [0.1, 0.15) is 19.3 Å². The zero-order chi connectivity index (χ0) is 13.1. The molecular weight excluding hydrogens is 262 g/mol. The molecular formula is C15H14ClNO2. The smallest absolute Gasteiger partial charge is 0.237 e. The zero-order valence-electron chi connectivity index (χ0n) is 10.4. The van der Waals surface area contributed by atoms with Crippen molar-refractivity contribution in [3.05, 3.63) is 29.3 Å². The van der Waals surface area contributed by atoms with Gasteiger partial charge in [0.1, 0.15) is 0 Å². The summed E-state index contributed by atoms with van der Waals surface area (Å²) >= 11 is 5.96. The standard InChI is InChI=1S/C15H14ClNO2/c16-10-2-1-3-11(7-10)17-14(18)12-8-4-5-9(6-8)13(12)15(17)19/h1-3,7-9,12-13H,4-6H2/t8-,9-,12+,13+/m0/s1. The van der Waals surface area contributed by atoms with Crippen LogP contribution >= 0.6 is 11.6 Å². The number of carbonyl (C=O) groups excluding carboxylic acids is 2. The van der Waals surface area contributed by atoms with Crippen molar-refractivity contribution in [2.24, 2.45) is 23.7 Å². The van der Waals surface area contributed by atoms with Gasteiger partial charge in [-0.3, -0.25) is 9.59 Å². The molecule has 2 aliphatic carbocycles. The summed E-state index contributed by atoms with van der Waals surface area (Å²) < 4.78 is 0. The van der Waals surface area contributed by atoms with E-state index < -0.39 is 0 Å². The number of halogens is 1. The number of hydrogen-bond acceptors (Lipinski definition) is 2. The molecule has 3 nitrogen and oxygen atoms in total. The second-order valence-corrected chi connectivity index (χ2v) is 6.31. The molecule has 3 fully saturated rings. The van der Waals surface area contributed by atoms with E-state index in [-0.39, 0.29) is 23.7 Å². The summed E-state index contributed by atoms with van der Waals surface area (Å²) in [5, 5.41) is 0.554. The molecule has 98 valence electrons. The van der Waals surface area contributed by atoms with E-state index in [1.165, 1.54) is 4.90 Å². The summed E-state index contributed by atoms with van der Waals surface area (Å²) in [6.07, 6.45) is 3.28.